The van der Waals surface area contributed by atoms with E-state index in [1.54, 1.807) is 12.5 Å². The first-order valence-corrected chi connectivity index (χ1v) is 7.23. The molecule has 1 saturated heterocycles. The number of pyridine rings is 1. The van der Waals surface area contributed by atoms with Crippen molar-refractivity contribution in [2.75, 3.05) is 13.2 Å². The molecule has 2 aromatic rings. The lowest BCUT2D eigenvalue weighted by molar-refractivity contribution is 0.0236. The molecule has 0 bridgehead atoms. The minimum absolute atomic E-state index is 0.163. The Morgan fingerprint density at radius 3 is 2.90 bits per heavy atom. The molecular formula is C16H16N2O3. The molecule has 1 fully saturated rings. The lowest BCUT2D eigenvalue weighted by Gasteiger charge is -2.23. The van der Waals surface area contributed by atoms with Gasteiger partial charge in [0.15, 0.2) is 5.76 Å². The molecule has 4 rings (SSSR count). The second-order valence-electron chi connectivity index (χ2n) is 5.22. The number of aromatic nitrogens is 1. The minimum Gasteiger partial charge on any atom is -0.474 e. The van der Waals surface area contributed by atoms with Crippen LogP contribution in [0.3, 0.4) is 0 Å². The van der Waals surface area contributed by atoms with Gasteiger partial charge in [-0.25, -0.2) is 4.98 Å². The molecule has 5 nitrogen and oxygen atoms in total. The van der Waals surface area contributed by atoms with E-state index in [-0.39, 0.29) is 6.10 Å². The van der Waals surface area contributed by atoms with Crippen molar-refractivity contribution in [3.63, 3.8) is 0 Å². The maximum absolute atomic E-state index is 6.11. The van der Waals surface area contributed by atoms with E-state index in [9.17, 15) is 0 Å². The second-order valence-corrected chi connectivity index (χ2v) is 5.22. The molecule has 0 aliphatic carbocycles. The van der Waals surface area contributed by atoms with E-state index < -0.39 is 0 Å². The molecule has 2 aliphatic rings. The maximum atomic E-state index is 6.11. The minimum atomic E-state index is 0.163. The van der Waals surface area contributed by atoms with Gasteiger partial charge in [0.2, 0.25) is 5.88 Å². The van der Waals surface area contributed by atoms with E-state index in [1.165, 1.54) is 0 Å². The Kier molecular flexibility index (Phi) is 3.20. The van der Waals surface area contributed by atoms with Gasteiger partial charge in [0.1, 0.15) is 11.8 Å². The number of hydrogen-bond donors (Lipinski definition) is 0. The van der Waals surface area contributed by atoms with Gasteiger partial charge in [0.25, 0.3) is 0 Å². The summed E-state index contributed by atoms with van der Waals surface area (Å²) in [6.07, 6.45) is 5.41. The van der Waals surface area contributed by atoms with E-state index in [2.05, 4.69) is 9.98 Å². The van der Waals surface area contributed by atoms with Crippen molar-refractivity contribution >= 4 is 5.71 Å². The molecule has 5 heteroatoms. The van der Waals surface area contributed by atoms with Crippen LogP contribution in [0.2, 0.25) is 0 Å². The number of ether oxygens (including phenoxy) is 2. The van der Waals surface area contributed by atoms with Crippen molar-refractivity contribution in [2.24, 2.45) is 4.99 Å². The molecule has 0 spiro atoms. The summed E-state index contributed by atoms with van der Waals surface area (Å²) in [6.45, 7) is 2.15. The lowest BCUT2D eigenvalue weighted by Crippen LogP contribution is -2.27. The van der Waals surface area contributed by atoms with Crippen LogP contribution in [0.15, 0.2) is 40.1 Å². The standard InChI is InChI=1S/C16H16N2O3/c1-2-13(20-7-1)15-14-11(10-18-15)3-6-17-16(14)21-12-4-8-19-9-5-12/h1-3,6-7,12H,4-5,8-10H2. The average Bonchev–Trinajstić information content (AvgIpc) is 3.17. The second kappa shape index (κ2) is 5.33. The molecule has 0 radical (unpaired) electrons. The summed E-state index contributed by atoms with van der Waals surface area (Å²) in [5.41, 5.74) is 2.95. The van der Waals surface area contributed by atoms with Crippen LogP contribution in [0.25, 0.3) is 0 Å². The molecule has 21 heavy (non-hydrogen) atoms. The fraction of sp³-hybridized carbons (Fsp3) is 0.375. The Balaban J connectivity index is 1.67. The van der Waals surface area contributed by atoms with E-state index in [0.717, 1.165) is 48.7 Å². The Bertz CT molecular complexity index is 658. The zero-order valence-electron chi connectivity index (χ0n) is 11.6. The van der Waals surface area contributed by atoms with Gasteiger partial charge >= 0.3 is 0 Å². The lowest BCUT2D eigenvalue weighted by atomic mass is 10.1. The summed E-state index contributed by atoms with van der Waals surface area (Å²) in [5, 5.41) is 0. The van der Waals surface area contributed by atoms with Crippen LogP contribution in [0.1, 0.15) is 29.7 Å². The Hall–Kier alpha value is -2.14. The average molecular weight is 284 g/mol. The molecule has 0 N–H and O–H groups in total. The SMILES string of the molecule is c1coc(C2=NCc3ccnc(OC4CCOCC4)c32)c1. The highest BCUT2D eigenvalue weighted by Gasteiger charge is 2.26. The summed E-state index contributed by atoms with van der Waals surface area (Å²) in [5.74, 6) is 1.42. The fourth-order valence-corrected chi connectivity index (χ4v) is 2.76. The van der Waals surface area contributed by atoms with Crippen molar-refractivity contribution in [3.05, 3.63) is 47.5 Å². The summed E-state index contributed by atoms with van der Waals surface area (Å²) in [6, 6.07) is 5.77. The van der Waals surface area contributed by atoms with Crippen molar-refractivity contribution in [1.82, 2.24) is 4.98 Å². The smallest absolute Gasteiger partial charge is 0.223 e. The van der Waals surface area contributed by atoms with E-state index in [1.807, 2.05) is 18.2 Å². The Morgan fingerprint density at radius 1 is 1.19 bits per heavy atom. The van der Waals surface area contributed by atoms with Crippen LogP contribution in [0.5, 0.6) is 5.88 Å². The third kappa shape index (κ3) is 2.34. The predicted octanol–water partition coefficient (Wildman–Crippen LogP) is 2.58. The summed E-state index contributed by atoms with van der Waals surface area (Å²) in [4.78, 5) is 9.00. The molecule has 0 saturated carbocycles. The molecule has 0 amide bonds. The first-order chi connectivity index (χ1) is 10.4. The molecule has 2 aromatic heterocycles. The third-order valence-electron chi connectivity index (χ3n) is 3.85. The predicted molar refractivity (Wildman–Crippen MR) is 76.8 cm³/mol. The number of furan rings is 1. The van der Waals surface area contributed by atoms with Gasteiger partial charge in [-0.15, -0.1) is 0 Å². The van der Waals surface area contributed by atoms with Gasteiger partial charge < -0.3 is 13.9 Å². The molecule has 108 valence electrons. The van der Waals surface area contributed by atoms with Gasteiger partial charge in [-0.1, -0.05) is 0 Å². The highest BCUT2D eigenvalue weighted by Crippen LogP contribution is 2.31. The number of rotatable bonds is 3. The van der Waals surface area contributed by atoms with Gasteiger partial charge in [0, 0.05) is 19.0 Å². The van der Waals surface area contributed by atoms with Crippen LogP contribution in [0.4, 0.5) is 0 Å². The zero-order valence-corrected chi connectivity index (χ0v) is 11.6. The highest BCUT2D eigenvalue weighted by molar-refractivity contribution is 6.14. The number of fused-ring (bicyclic) bond motifs is 1. The van der Waals surface area contributed by atoms with Crippen molar-refractivity contribution in [2.45, 2.75) is 25.5 Å². The van der Waals surface area contributed by atoms with Crippen LogP contribution in [-0.2, 0) is 11.3 Å². The summed E-state index contributed by atoms with van der Waals surface area (Å²) >= 11 is 0. The van der Waals surface area contributed by atoms with E-state index in [0.29, 0.717) is 12.4 Å². The monoisotopic (exact) mass is 284 g/mol. The molecule has 0 unspecified atom stereocenters. The largest absolute Gasteiger partial charge is 0.474 e. The maximum Gasteiger partial charge on any atom is 0.223 e. The Morgan fingerprint density at radius 2 is 2.10 bits per heavy atom. The van der Waals surface area contributed by atoms with Crippen molar-refractivity contribution in [1.29, 1.82) is 0 Å². The van der Waals surface area contributed by atoms with Gasteiger partial charge in [-0.05, 0) is 23.8 Å². The van der Waals surface area contributed by atoms with Crippen molar-refractivity contribution < 1.29 is 13.9 Å². The molecular weight excluding hydrogens is 268 g/mol. The fourth-order valence-electron chi connectivity index (χ4n) is 2.76. The number of aliphatic imine (C=N–C) groups is 1. The first-order valence-electron chi connectivity index (χ1n) is 7.23. The van der Waals surface area contributed by atoms with E-state index in [4.69, 9.17) is 13.9 Å². The topological polar surface area (TPSA) is 56.9 Å². The van der Waals surface area contributed by atoms with Crippen LogP contribution in [0, 0.1) is 0 Å². The third-order valence-corrected chi connectivity index (χ3v) is 3.85. The van der Waals surface area contributed by atoms with Crippen LogP contribution >= 0.6 is 0 Å². The summed E-state index contributed by atoms with van der Waals surface area (Å²) < 4.78 is 17.0. The molecule has 2 aliphatic heterocycles. The summed E-state index contributed by atoms with van der Waals surface area (Å²) in [7, 11) is 0. The first kappa shape index (κ1) is 12.6. The van der Waals surface area contributed by atoms with E-state index >= 15 is 0 Å². The van der Waals surface area contributed by atoms with Gasteiger partial charge in [-0.2, -0.15) is 0 Å². The van der Waals surface area contributed by atoms with Crippen LogP contribution < -0.4 is 4.74 Å². The van der Waals surface area contributed by atoms with Crippen molar-refractivity contribution in [3.8, 4) is 5.88 Å². The molecule has 0 atom stereocenters. The normalized spacial score (nSPS) is 18.4. The quantitative estimate of drug-likeness (QED) is 0.869. The molecule has 0 aromatic carbocycles. The zero-order chi connectivity index (χ0) is 14.1. The Labute approximate surface area is 122 Å². The highest BCUT2D eigenvalue weighted by atomic mass is 16.5. The van der Waals surface area contributed by atoms with Gasteiger partial charge in [0.05, 0.1) is 31.6 Å². The van der Waals surface area contributed by atoms with Gasteiger partial charge in [-0.3, -0.25) is 4.99 Å². The van der Waals surface area contributed by atoms with Crippen LogP contribution in [-0.4, -0.2) is 30.0 Å². The number of nitrogens with zero attached hydrogens (tertiary/aromatic N) is 2. The molecule has 4 heterocycles. The number of hydrogen-bond acceptors (Lipinski definition) is 5.